The fourth-order valence-corrected chi connectivity index (χ4v) is 2.54. The molecule has 0 heterocycles. The summed E-state index contributed by atoms with van der Waals surface area (Å²) in [7, 11) is 0. The minimum Gasteiger partial charge on any atom is -0.317 e. The molecule has 0 fully saturated rings. The summed E-state index contributed by atoms with van der Waals surface area (Å²) in [4.78, 5) is 0. The Labute approximate surface area is 132 Å². The molecule has 0 aromatic heterocycles. The Balaban J connectivity index is 2.52. The normalized spacial score (nSPS) is 12.7. The highest BCUT2D eigenvalue weighted by Gasteiger charge is 2.19. The second-order valence-corrected chi connectivity index (χ2v) is 7.70. The van der Waals surface area contributed by atoms with E-state index < -0.39 is 0 Å². The van der Waals surface area contributed by atoms with Gasteiger partial charge in [-0.3, -0.25) is 0 Å². The molecule has 21 heavy (non-hydrogen) atoms. The Morgan fingerprint density at radius 1 is 0.905 bits per heavy atom. The fraction of sp³-hybridized carbons (Fsp3) is 0.700. The summed E-state index contributed by atoms with van der Waals surface area (Å²) < 4.78 is 0. The molecule has 0 amide bonds. The van der Waals surface area contributed by atoms with Gasteiger partial charge in [0.25, 0.3) is 0 Å². The summed E-state index contributed by atoms with van der Waals surface area (Å²) in [6, 6.07) is 9.30. The standard InChI is InChI=1S/C20H35N/c1-7-20(5,6)18-11-9-17(10-12-18)13-14-19(3,4)15-16-21-8-2/h9-12,21H,7-8,13-16H2,1-6H3. The molecular formula is C20H35N. The molecule has 1 nitrogen and oxygen atoms in total. The van der Waals surface area contributed by atoms with E-state index in [2.05, 4.69) is 71.1 Å². The Morgan fingerprint density at radius 3 is 2.05 bits per heavy atom. The maximum Gasteiger partial charge on any atom is -0.00439 e. The van der Waals surface area contributed by atoms with Gasteiger partial charge >= 0.3 is 0 Å². The molecule has 0 bridgehead atoms. The second kappa shape index (κ2) is 7.98. The fourth-order valence-electron chi connectivity index (χ4n) is 2.54. The molecule has 0 aliphatic rings. The highest BCUT2D eigenvalue weighted by atomic mass is 14.8. The second-order valence-electron chi connectivity index (χ2n) is 7.70. The number of hydrogen-bond donors (Lipinski definition) is 1. The molecule has 1 aromatic rings. The largest absolute Gasteiger partial charge is 0.317 e. The van der Waals surface area contributed by atoms with E-state index in [0.29, 0.717) is 10.8 Å². The smallest absolute Gasteiger partial charge is 0.00439 e. The van der Waals surface area contributed by atoms with Crippen LogP contribution in [0, 0.1) is 5.41 Å². The van der Waals surface area contributed by atoms with Crippen LogP contribution in [0.5, 0.6) is 0 Å². The first kappa shape index (κ1) is 18.2. The van der Waals surface area contributed by atoms with E-state index in [9.17, 15) is 0 Å². The topological polar surface area (TPSA) is 12.0 Å². The third-order valence-corrected chi connectivity index (χ3v) is 4.94. The highest BCUT2D eigenvalue weighted by Crippen LogP contribution is 2.29. The van der Waals surface area contributed by atoms with Crippen LogP contribution in [0.3, 0.4) is 0 Å². The number of benzene rings is 1. The average Bonchev–Trinajstić information content (AvgIpc) is 2.46. The Bertz CT molecular complexity index is 400. The summed E-state index contributed by atoms with van der Waals surface area (Å²) >= 11 is 0. The molecule has 0 unspecified atom stereocenters. The SMILES string of the molecule is CCNCCC(C)(C)CCc1ccc(C(C)(C)CC)cc1. The first-order valence-corrected chi connectivity index (χ1v) is 8.61. The van der Waals surface area contributed by atoms with Gasteiger partial charge in [-0.2, -0.15) is 0 Å². The monoisotopic (exact) mass is 289 g/mol. The van der Waals surface area contributed by atoms with E-state index in [1.807, 2.05) is 0 Å². The van der Waals surface area contributed by atoms with Gasteiger partial charge in [0, 0.05) is 0 Å². The molecule has 0 radical (unpaired) electrons. The third-order valence-electron chi connectivity index (χ3n) is 4.94. The van der Waals surface area contributed by atoms with Crippen molar-refractivity contribution in [2.45, 2.75) is 72.6 Å². The quantitative estimate of drug-likeness (QED) is 0.606. The molecule has 0 atom stereocenters. The number of rotatable bonds is 9. The van der Waals surface area contributed by atoms with Crippen molar-refractivity contribution in [3.63, 3.8) is 0 Å². The molecule has 0 spiro atoms. The van der Waals surface area contributed by atoms with Crippen molar-refractivity contribution in [2.24, 2.45) is 5.41 Å². The van der Waals surface area contributed by atoms with Crippen LogP contribution in [-0.2, 0) is 11.8 Å². The third kappa shape index (κ3) is 6.22. The van der Waals surface area contributed by atoms with Gasteiger partial charge in [0.2, 0.25) is 0 Å². The van der Waals surface area contributed by atoms with Gasteiger partial charge in [0.15, 0.2) is 0 Å². The van der Waals surface area contributed by atoms with Crippen molar-refractivity contribution in [1.82, 2.24) is 5.32 Å². The zero-order chi connectivity index (χ0) is 15.9. The lowest BCUT2D eigenvalue weighted by Gasteiger charge is -2.25. The molecule has 0 saturated heterocycles. The van der Waals surface area contributed by atoms with Crippen molar-refractivity contribution >= 4 is 0 Å². The predicted octanol–water partition coefficient (Wildman–Crippen LogP) is 5.33. The van der Waals surface area contributed by atoms with Gasteiger partial charge in [-0.1, -0.05) is 65.8 Å². The van der Waals surface area contributed by atoms with Crippen LogP contribution in [0.2, 0.25) is 0 Å². The first-order valence-electron chi connectivity index (χ1n) is 8.61. The lowest BCUT2D eigenvalue weighted by Crippen LogP contribution is -2.22. The number of nitrogens with one attached hydrogen (secondary N) is 1. The summed E-state index contributed by atoms with van der Waals surface area (Å²) in [6.45, 7) is 16.1. The van der Waals surface area contributed by atoms with Gasteiger partial charge in [-0.05, 0) is 60.7 Å². The van der Waals surface area contributed by atoms with Crippen LogP contribution in [0.4, 0.5) is 0 Å². The van der Waals surface area contributed by atoms with Crippen molar-refractivity contribution in [1.29, 1.82) is 0 Å². The molecule has 1 aromatic carbocycles. The van der Waals surface area contributed by atoms with Crippen molar-refractivity contribution in [3.8, 4) is 0 Å². The van der Waals surface area contributed by atoms with E-state index in [0.717, 1.165) is 13.1 Å². The van der Waals surface area contributed by atoms with Crippen LogP contribution in [-0.4, -0.2) is 13.1 Å². The molecule has 0 aliphatic heterocycles. The maximum atomic E-state index is 3.43. The van der Waals surface area contributed by atoms with E-state index >= 15 is 0 Å². The van der Waals surface area contributed by atoms with Crippen LogP contribution in [0.25, 0.3) is 0 Å². The Kier molecular flexibility index (Phi) is 6.93. The van der Waals surface area contributed by atoms with Gasteiger partial charge < -0.3 is 5.32 Å². The van der Waals surface area contributed by atoms with Crippen molar-refractivity contribution in [2.75, 3.05) is 13.1 Å². The number of aryl methyl sites for hydroxylation is 1. The molecule has 0 saturated carbocycles. The Morgan fingerprint density at radius 2 is 1.52 bits per heavy atom. The van der Waals surface area contributed by atoms with Crippen molar-refractivity contribution in [3.05, 3.63) is 35.4 Å². The van der Waals surface area contributed by atoms with Crippen LogP contribution < -0.4 is 5.32 Å². The lowest BCUT2D eigenvalue weighted by atomic mass is 9.80. The zero-order valence-electron chi connectivity index (χ0n) is 15.1. The van der Waals surface area contributed by atoms with Crippen LogP contribution in [0.1, 0.15) is 71.9 Å². The van der Waals surface area contributed by atoms with E-state index in [-0.39, 0.29) is 0 Å². The molecule has 1 N–H and O–H groups in total. The number of hydrogen-bond acceptors (Lipinski definition) is 1. The van der Waals surface area contributed by atoms with Crippen molar-refractivity contribution < 1.29 is 0 Å². The average molecular weight is 290 g/mol. The summed E-state index contributed by atoms with van der Waals surface area (Å²) in [5.74, 6) is 0. The van der Waals surface area contributed by atoms with Gasteiger partial charge in [-0.15, -0.1) is 0 Å². The van der Waals surface area contributed by atoms with Crippen LogP contribution in [0.15, 0.2) is 24.3 Å². The van der Waals surface area contributed by atoms with E-state index in [4.69, 9.17) is 0 Å². The van der Waals surface area contributed by atoms with Gasteiger partial charge in [0.05, 0.1) is 0 Å². The highest BCUT2D eigenvalue weighted by molar-refractivity contribution is 5.28. The molecule has 120 valence electrons. The Hall–Kier alpha value is -0.820. The molecular weight excluding hydrogens is 254 g/mol. The molecule has 1 rings (SSSR count). The molecule has 1 heteroatoms. The maximum absolute atomic E-state index is 3.43. The predicted molar refractivity (Wildman–Crippen MR) is 95.0 cm³/mol. The van der Waals surface area contributed by atoms with E-state index in [1.165, 1.54) is 36.8 Å². The van der Waals surface area contributed by atoms with Gasteiger partial charge in [0.1, 0.15) is 0 Å². The summed E-state index contributed by atoms with van der Waals surface area (Å²) in [6.07, 6.45) is 4.88. The van der Waals surface area contributed by atoms with E-state index in [1.54, 1.807) is 0 Å². The first-order chi connectivity index (χ1) is 9.80. The van der Waals surface area contributed by atoms with Gasteiger partial charge in [-0.25, -0.2) is 0 Å². The molecule has 0 aliphatic carbocycles. The van der Waals surface area contributed by atoms with Crippen LogP contribution >= 0.6 is 0 Å². The zero-order valence-corrected chi connectivity index (χ0v) is 15.1. The minimum atomic E-state index is 0.295. The lowest BCUT2D eigenvalue weighted by molar-refractivity contribution is 0.303. The summed E-state index contributed by atoms with van der Waals surface area (Å²) in [5.41, 5.74) is 3.65. The summed E-state index contributed by atoms with van der Waals surface area (Å²) in [5, 5.41) is 3.43. The minimum absolute atomic E-state index is 0.295.